The summed E-state index contributed by atoms with van der Waals surface area (Å²) in [5.74, 6) is -0.517. The zero-order valence-corrected chi connectivity index (χ0v) is 18.6. The number of amides is 1. The molecule has 3 rings (SSSR count). The van der Waals surface area contributed by atoms with Gasteiger partial charge in [-0.3, -0.25) is 14.9 Å². The minimum atomic E-state index is -0.549. The maximum Gasteiger partial charge on any atom is 0.281 e. The maximum atomic E-state index is 12.8. The number of benzene rings is 2. The number of nitro benzene ring substituents is 1. The summed E-state index contributed by atoms with van der Waals surface area (Å²) in [6, 6.07) is 12.1. The summed E-state index contributed by atoms with van der Waals surface area (Å²) in [5.41, 5.74) is 3.33. The number of halogens is 1. The van der Waals surface area contributed by atoms with Crippen molar-refractivity contribution in [1.29, 1.82) is 0 Å². The lowest BCUT2D eigenvalue weighted by atomic mass is 10.1. The number of aryl methyl sites for hydroxylation is 2. The Labute approximate surface area is 183 Å². The van der Waals surface area contributed by atoms with E-state index in [9.17, 15) is 14.9 Å². The highest BCUT2D eigenvalue weighted by molar-refractivity contribution is 7.09. The fraction of sp³-hybridized carbons (Fsp3) is 0.273. The van der Waals surface area contributed by atoms with Crippen LogP contribution in [-0.2, 0) is 13.0 Å². The number of nitro groups is 1. The van der Waals surface area contributed by atoms with Gasteiger partial charge in [0.05, 0.1) is 21.2 Å². The molecule has 30 heavy (non-hydrogen) atoms. The number of hydrogen-bond acceptors (Lipinski definition) is 4. The Hall–Kier alpha value is -2.77. The lowest BCUT2D eigenvalue weighted by Gasteiger charge is -2.09. The van der Waals surface area contributed by atoms with Crippen LogP contribution in [0, 0.1) is 17.0 Å². The molecule has 0 saturated heterocycles. The van der Waals surface area contributed by atoms with E-state index in [4.69, 9.17) is 11.6 Å². The van der Waals surface area contributed by atoms with Crippen molar-refractivity contribution in [3.8, 4) is 11.3 Å². The van der Waals surface area contributed by atoms with Crippen molar-refractivity contribution in [3.63, 3.8) is 0 Å². The van der Waals surface area contributed by atoms with E-state index in [1.807, 2.05) is 18.4 Å². The second kappa shape index (κ2) is 9.36. The quantitative estimate of drug-likeness (QED) is 0.356. The average Bonchev–Trinajstić information content (AvgIpc) is 3.05. The van der Waals surface area contributed by atoms with E-state index in [1.54, 1.807) is 0 Å². The first kappa shape index (κ1) is 21.9. The highest BCUT2D eigenvalue weighted by atomic mass is 35.5. The Bertz CT molecular complexity index is 1160. The van der Waals surface area contributed by atoms with Gasteiger partial charge in [0, 0.05) is 23.6 Å². The van der Waals surface area contributed by atoms with Crippen molar-refractivity contribution < 1.29 is 9.72 Å². The third kappa shape index (κ3) is 4.52. The van der Waals surface area contributed by atoms with Crippen molar-refractivity contribution in [3.05, 3.63) is 78.4 Å². The predicted molar refractivity (Wildman–Crippen MR) is 120 cm³/mol. The molecule has 0 fully saturated rings. The first-order valence-corrected chi connectivity index (χ1v) is 10.9. The lowest BCUT2D eigenvalue weighted by Crippen LogP contribution is -2.17. The number of non-ortho nitro benzene ring substituents is 1. The Kier molecular flexibility index (Phi) is 6.84. The summed E-state index contributed by atoms with van der Waals surface area (Å²) < 4.78 is 2.04. The molecule has 0 radical (unpaired) electrons. The van der Waals surface area contributed by atoms with Crippen molar-refractivity contribution >= 4 is 34.5 Å². The van der Waals surface area contributed by atoms with Crippen molar-refractivity contribution in [2.75, 3.05) is 0 Å². The largest absolute Gasteiger partial charge is 0.316 e. The number of carbonyl (C=O) groups excluding carboxylic acids is 1. The Morgan fingerprint density at radius 1 is 1.20 bits per heavy atom. The first-order chi connectivity index (χ1) is 14.3. The number of aromatic nitrogens is 1. The molecule has 1 heterocycles. The third-order valence-electron chi connectivity index (χ3n) is 4.69. The van der Waals surface area contributed by atoms with Crippen LogP contribution in [0.5, 0.6) is 0 Å². The predicted octanol–water partition coefficient (Wildman–Crippen LogP) is 5.80. The molecule has 0 aliphatic rings. The van der Waals surface area contributed by atoms with Gasteiger partial charge in [-0.05, 0) is 31.9 Å². The Balaban J connectivity index is 2.12. The van der Waals surface area contributed by atoms with Crippen LogP contribution in [0.1, 0.15) is 41.1 Å². The molecular formula is C22H22ClN3O3S. The molecule has 2 aromatic carbocycles. The minimum absolute atomic E-state index is 0.0186. The van der Waals surface area contributed by atoms with Crippen LogP contribution in [-0.4, -0.2) is 15.4 Å². The molecule has 156 valence electrons. The van der Waals surface area contributed by atoms with Crippen LogP contribution in [0.3, 0.4) is 0 Å². The molecule has 0 aliphatic heterocycles. The van der Waals surface area contributed by atoms with E-state index in [1.165, 1.54) is 40.0 Å². The molecule has 8 heteroatoms. The van der Waals surface area contributed by atoms with Gasteiger partial charge in [-0.1, -0.05) is 54.8 Å². The molecule has 1 amide bonds. The lowest BCUT2D eigenvalue weighted by molar-refractivity contribution is -0.384. The van der Waals surface area contributed by atoms with Gasteiger partial charge in [0.2, 0.25) is 0 Å². The minimum Gasteiger partial charge on any atom is -0.316 e. The second-order valence-electron chi connectivity index (χ2n) is 6.85. The molecule has 0 bridgehead atoms. The van der Waals surface area contributed by atoms with Gasteiger partial charge in [-0.25, -0.2) is 0 Å². The fourth-order valence-corrected chi connectivity index (χ4v) is 4.77. The van der Waals surface area contributed by atoms with Crippen LogP contribution in [0.4, 0.5) is 5.69 Å². The van der Waals surface area contributed by atoms with Gasteiger partial charge >= 0.3 is 0 Å². The molecule has 3 aromatic rings. The van der Waals surface area contributed by atoms with Crippen LogP contribution in [0.2, 0.25) is 5.02 Å². The third-order valence-corrected chi connectivity index (χ3v) is 6.14. The normalized spacial score (nSPS) is 11.7. The zero-order chi connectivity index (χ0) is 21.8. The summed E-state index contributed by atoms with van der Waals surface area (Å²) in [6.07, 6.45) is 1.86. The number of carbonyl (C=O) groups is 1. The summed E-state index contributed by atoms with van der Waals surface area (Å²) in [7, 11) is 0. The van der Waals surface area contributed by atoms with Crippen molar-refractivity contribution in [2.24, 2.45) is 4.99 Å². The number of thiazole rings is 1. The molecular weight excluding hydrogens is 422 g/mol. The van der Waals surface area contributed by atoms with Crippen LogP contribution in [0.15, 0.2) is 47.5 Å². The van der Waals surface area contributed by atoms with Crippen LogP contribution >= 0.6 is 22.9 Å². The van der Waals surface area contributed by atoms with Crippen molar-refractivity contribution in [2.45, 2.75) is 40.2 Å². The fourth-order valence-electron chi connectivity index (χ4n) is 3.20. The average molecular weight is 444 g/mol. The molecule has 0 aliphatic carbocycles. The summed E-state index contributed by atoms with van der Waals surface area (Å²) in [6.45, 7) is 6.84. The molecule has 0 atom stereocenters. The van der Waals surface area contributed by atoms with E-state index >= 15 is 0 Å². The molecule has 0 unspecified atom stereocenters. The van der Waals surface area contributed by atoms with Gasteiger partial charge in [0.25, 0.3) is 11.6 Å². The van der Waals surface area contributed by atoms with E-state index in [0.29, 0.717) is 11.3 Å². The van der Waals surface area contributed by atoms with E-state index in [-0.39, 0.29) is 16.3 Å². The monoisotopic (exact) mass is 443 g/mol. The van der Waals surface area contributed by atoms with E-state index < -0.39 is 10.8 Å². The standard InChI is InChI=1S/C22H22ClN3O3S/c1-4-6-19-20(15-9-7-14(3)8-10-15)25(5-2)22(30-19)24-21(27)17-12-11-16(26(28)29)13-18(17)23/h7-13H,4-6H2,1-3H3. The van der Waals surface area contributed by atoms with Crippen LogP contribution < -0.4 is 4.80 Å². The first-order valence-electron chi connectivity index (χ1n) is 9.68. The number of rotatable bonds is 6. The van der Waals surface area contributed by atoms with Gasteiger partial charge in [0.1, 0.15) is 0 Å². The van der Waals surface area contributed by atoms with Crippen LogP contribution in [0.25, 0.3) is 11.3 Å². The molecule has 0 spiro atoms. The van der Waals surface area contributed by atoms with Gasteiger partial charge in [-0.2, -0.15) is 4.99 Å². The molecule has 0 saturated carbocycles. The van der Waals surface area contributed by atoms with Gasteiger partial charge < -0.3 is 4.57 Å². The molecule has 6 nitrogen and oxygen atoms in total. The highest BCUT2D eigenvalue weighted by Crippen LogP contribution is 2.28. The number of hydrogen-bond donors (Lipinski definition) is 0. The van der Waals surface area contributed by atoms with Gasteiger partial charge in [0.15, 0.2) is 4.80 Å². The van der Waals surface area contributed by atoms with Crippen molar-refractivity contribution in [1.82, 2.24) is 4.57 Å². The number of nitrogens with zero attached hydrogens (tertiary/aromatic N) is 3. The Morgan fingerprint density at radius 2 is 1.90 bits per heavy atom. The summed E-state index contributed by atoms with van der Waals surface area (Å²) in [4.78, 5) is 29.3. The smallest absolute Gasteiger partial charge is 0.281 e. The SMILES string of the molecule is CCCc1sc(=NC(=O)c2ccc([N+](=O)[O-])cc2Cl)n(CC)c1-c1ccc(C)cc1. The Morgan fingerprint density at radius 3 is 2.47 bits per heavy atom. The highest BCUT2D eigenvalue weighted by Gasteiger charge is 2.18. The summed E-state index contributed by atoms with van der Waals surface area (Å²) in [5, 5.41) is 10.9. The zero-order valence-electron chi connectivity index (χ0n) is 17.0. The van der Waals surface area contributed by atoms with E-state index in [2.05, 4.69) is 36.2 Å². The van der Waals surface area contributed by atoms with Gasteiger partial charge in [-0.15, -0.1) is 11.3 Å². The second-order valence-corrected chi connectivity index (χ2v) is 8.32. The molecule has 0 N–H and O–H groups in total. The van der Waals surface area contributed by atoms with E-state index in [0.717, 1.165) is 24.1 Å². The molecule has 1 aromatic heterocycles. The summed E-state index contributed by atoms with van der Waals surface area (Å²) >= 11 is 7.61. The topological polar surface area (TPSA) is 77.5 Å². The maximum absolute atomic E-state index is 12.8.